The standard InChI is InChI=1S/C24H28Cl3N3O2.BrH/c1-3-4-15-32-22(18-9-11-19(25)12-10-18)23(27)30-14-13-29(16-30)17(2)24(31)28-21-8-6-5-7-20(21)26;/h5-14,17,22-23H,3-4,15-16H2,1-2H3,(H,28,31);1H. The van der Waals surface area contributed by atoms with Crippen LogP contribution in [-0.2, 0) is 9.53 Å². The maximum Gasteiger partial charge on any atom is 0.246 e. The number of carbonyl (C=O) groups excluding carboxylic acids is 1. The fourth-order valence-corrected chi connectivity index (χ4v) is 3.99. The number of para-hydroxylation sites is 1. The monoisotopic (exact) mass is 575 g/mol. The molecular weight excluding hydrogens is 549 g/mol. The summed E-state index contributed by atoms with van der Waals surface area (Å²) in [6.45, 7) is 5.05. The van der Waals surface area contributed by atoms with Gasteiger partial charge in [-0.15, -0.1) is 17.0 Å². The third kappa shape index (κ3) is 7.52. The molecule has 0 aromatic heterocycles. The number of amides is 1. The molecule has 2 aromatic carbocycles. The molecule has 0 saturated heterocycles. The Morgan fingerprint density at radius 1 is 1.09 bits per heavy atom. The number of hydrogen-bond acceptors (Lipinski definition) is 4. The first kappa shape index (κ1) is 27.8. The van der Waals surface area contributed by atoms with Crippen LogP contribution in [0.2, 0.25) is 10.0 Å². The maximum atomic E-state index is 12.8. The van der Waals surface area contributed by atoms with Gasteiger partial charge in [-0.1, -0.05) is 72.4 Å². The SMILES string of the molecule is Br.CCCCOC(c1ccc(Cl)cc1)C(Cl)N1C=CN(C(C)C(=O)Nc2ccccc2Cl)C1. The quantitative estimate of drug-likeness (QED) is 0.186. The van der Waals surface area contributed by atoms with E-state index in [0.717, 1.165) is 18.4 Å². The van der Waals surface area contributed by atoms with Crippen molar-refractivity contribution in [3.05, 3.63) is 76.5 Å². The van der Waals surface area contributed by atoms with Crippen LogP contribution in [-0.4, -0.2) is 40.5 Å². The Morgan fingerprint density at radius 3 is 2.42 bits per heavy atom. The van der Waals surface area contributed by atoms with Crippen molar-refractivity contribution in [2.24, 2.45) is 0 Å². The van der Waals surface area contributed by atoms with Gasteiger partial charge in [-0.2, -0.15) is 0 Å². The van der Waals surface area contributed by atoms with E-state index in [9.17, 15) is 4.79 Å². The van der Waals surface area contributed by atoms with Crippen molar-refractivity contribution in [2.75, 3.05) is 18.6 Å². The topological polar surface area (TPSA) is 44.8 Å². The lowest BCUT2D eigenvalue weighted by Gasteiger charge is -2.33. The van der Waals surface area contributed by atoms with Gasteiger partial charge in [-0.25, -0.2) is 0 Å². The molecule has 0 fully saturated rings. The summed E-state index contributed by atoms with van der Waals surface area (Å²) in [5.74, 6) is -0.149. The van der Waals surface area contributed by atoms with Crippen LogP contribution in [0.4, 0.5) is 5.69 Å². The Hall–Kier alpha value is -1.44. The van der Waals surface area contributed by atoms with Gasteiger partial charge in [0.15, 0.2) is 0 Å². The van der Waals surface area contributed by atoms with Crippen molar-refractivity contribution >= 4 is 63.4 Å². The van der Waals surface area contributed by atoms with Gasteiger partial charge >= 0.3 is 0 Å². The molecule has 1 aliphatic rings. The second kappa shape index (κ2) is 13.4. The smallest absolute Gasteiger partial charge is 0.246 e. The molecule has 0 saturated carbocycles. The first-order chi connectivity index (χ1) is 15.4. The first-order valence-corrected chi connectivity index (χ1v) is 11.9. The average molecular weight is 578 g/mol. The molecule has 0 bridgehead atoms. The summed E-state index contributed by atoms with van der Waals surface area (Å²) in [6, 6.07) is 14.3. The number of anilines is 1. The molecule has 1 heterocycles. The zero-order valence-electron chi connectivity index (χ0n) is 18.6. The van der Waals surface area contributed by atoms with Crippen molar-refractivity contribution in [3.8, 4) is 0 Å². The van der Waals surface area contributed by atoms with Crippen LogP contribution in [0.25, 0.3) is 0 Å². The zero-order valence-corrected chi connectivity index (χ0v) is 22.6. The first-order valence-electron chi connectivity index (χ1n) is 10.7. The molecule has 0 spiro atoms. The Labute approximate surface area is 221 Å². The Bertz CT molecular complexity index is 929. The van der Waals surface area contributed by atoms with E-state index >= 15 is 0 Å². The van der Waals surface area contributed by atoms with Crippen LogP contribution in [0.3, 0.4) is 0 Å². The minimum absolute atomic E-state index is 0. The lowest BCUT2D eigenvalue weighted by Crippen LogP contribution is -2.42. The summed E-state index contributed by atoms with van der Waals surface area (Å²) >= 11 is 19.1. The third-order valence-electron chi connectivity index (χ3n) is 5.35. The normalized spacial score (nSPS) is 15.7. The molecule has 1 N–H and O–H groups in total. The van der Waals surface area contributed by atoms with Gasteiger partial charge in [0.25, 0.3) is 0 Å². The van der Waals surface area contributed by atoms with Crippen LogP contribution < -0.4 is 5.32 Å². The molecule has 180 valence electrons. The number of alkyl halides is 1. The van der Waals surface area contributed by atoms with Gasteiger partial charge in [0.05, 0.1) is 17.4 Å². The van der Waals surface area contributed by atoms with Crippen LogP contribution in [0.1, 0.15) is 38.4 Å². The Balaban J connectivity index is 0.00000385. The lowest BCUT2D eigenvalue weighted by atomic mass is 10.1. The van der Waals surface area contributed by atoms with Gasteiger partial charge in [0.1, 0.15) is 17.6 Å². The fraction of sp³-hybridized carbons (Fsp3) is 0.375. The highest BCUT2D eigenvalue weighted by atomic mass is 79.9. The van der Waals surface area contributed by atoms with E-state index in [1.807, 2.05) is 65.5 Å². The number of halogens is 4. The highest BCUT2D eigenvalue weighted by Crippen LogP contribution is 2.31. The molecule has 3 atom stereocenters. The molecule has 5 nitrogen and oxygen atoms in total. The second-order valence-corrected chi connectivity index (χ2v) is 8.97. The molecule has 0 radical (unpaired) electrons. The minimum atomic E-state index is -0.451. The van der Waals surface area contributed by atoms with Crippen molar-refractivity contribution < 1.29 is 9.53 Å². The van der Waals surface area contributed by atoms with E-state index in [2.05, 4.69) is 12.2 Å². The predicted octanol–water partition coefficient (Wildman–Crippen LogP) is 7.07. The van der Waals surface area contributed by atoms with E-state index in [-0.39, 0.29) is 29.0 Å². The van der Waals surface area contributed by atoms with Crippen molar-refractivity contribution in [1.29, 1.82) is 0 Å². The average Bonchev–Trinajstić information content (AvgIpc) is 3.28. The summed E-state index contributed by atoms with van der Waals surface area (Å²) in [4.78, 5) is 16.6. The van der Waals surface area contributed by atoms with Crippen molar-refractivity contribution in [1.82, 2.24) is 9.80 Å². The van der Waals surface area contributed by atoms with Crippen LogP contribution in [0.5, 0.6) is 0 Å². The number of nitrogens with one attached hydrogen (secondary N) is 1. The number of hydrogen-bond donors (Lipinski definition) is 1. The molecule has 33 heavy (non-hydrogen) atoms. The number of carbonyl (C=O) groups is 1. The van der Waals surface area contributed by atoms with Gasteiger partial charge in [0, 0.05) is 24.0 Å². The number of nitrogens with zero attached hydrogens (tertiary/aromatic N) is 2. The van der Waals surface area contributed by atoms with Gasteiger partial charge in [-0.05, 0) is 43.2 Å². The highest BCUT2D eigenvalue weighted by Gasteiger charge is 2.32. The number of rotatable bonds is 10. The molecular formula is C24H29BrCl3N3O2. The molecule has 1 amide bonds. The summed E-state index contributed by atoms with van der Waals surface area (Å²) in [5, 5.41) is 4.05. The van der Waals surface area contributed by atoms with Gasteiger partial charge in [-0.3, -0.25) is 4.79 Å². The Morgan fingerprint density at radius 2 is 1.76 bits per heavy atom. The van der Waals surface area contributed by atoms with E-state index < -0.39 is 11.5 Å². The largest absolute Gasteiger partial charge is 0.370 e. The van der Waals surface area contributed by atoms with Gasteiger partial charge < -0.3 is 19.9 Å². The maximum absolute atomic E-state index is 12.8. The van der Waals surface area contributed by atoms with E-state index in [1.54, 1.807) is 12.1 Å². The molecule has 0 aliphatic carbocycles. The molecule has 2 aromatic rings. The number of unbranched alkanes of at least 4 members (excludes halogenated alkanes) is 1. The number of ether oxygens (including phenoxy) is 1. The fourth-order valence-electron chi connectivity index (χ4n) is 3.33. The third-order valence-corrected chi connectivity index (χ3v) is 6.41. The molecule has 3 unspecified atom stereocenters. The Kier molecular flexibility index (Phi) is 11.3. The molecule has 3 rings (SSSR count). The summed E-state index contributed by atoms with van der Waals surface area (Å²) < 4.78 is 6.15. The van der Waals surface area contributed by atoms with E-state index in [4.69, 9.17) is 39.5 Å². The van der Waals surface area contributed by atoms with Crippen molar-refractivity contribution in [3.63, 3.8) is 0 Å². The van der Waals surface area contributed by atoms with Crippen LogP contribution in [0, 0.1) is 0 Å². The minimum Gasteiger partial charge on any atom is -0.370 e. The van der Waals surface area contributed by atoms with E-state index in [0.29, 0.717) is 29.0 Å². The second-order valence-electron chi connectivity index (χ2n) is 7.68. The van der Waals surface area contributed by atoms with Crippen LogP contribution in [0.15, 0.2) is 60.9 Å². The predicted molar refractivity (Wildman–Crippen MR) is 142 cm³/mol. The highest BCUT2D eigenvalue weighted by molar-refractivity contribution is 8.93. The summed E-state index contributed by atoms with van der Waals surface area (Å²) in [6.07, 6.45) is 5.42. The lowest BCUT2D eigenvalue weighted by molar-refractivity contribution is -0.120. The van der Waals surface area contributed by atoms with Gasteiger partial charge in [0.2, 0.25) is 5.91 Å². The summed E-state index contributed by atoms with van der Waals surface area (Å²) in [5.41, 5.74) is 1.10. The molecule has 1 aliphatic heterocycles. The van der Waals surface area contributed by atoms with E-state index in [1.165, 1.54) is 0 Å². The van der Waals surface area contributed by atoms with Crippen LogP contribution >= 0.6 is 51.8 Å². The zero-order chi connectivity index (χ0) is 23.1. The van der Waals surface area contributed by atoms with Crippen molar-refractivity contribution in [2.45, 2.75) is 44.3 Å². The molecule has 9 heteroatoms. The number of benzene rings is 2. The summed E-state index contributed by atoms with van der Waals surface area (Å²) in [7, 11) is 0.